The Kier molecular flexibility index (Phi) is 4.37. The maximum absolute atomic E-state index is 12.0. The van der Waals surface area contributed by atoms with Crippen LogP contribution in [0.2, 0.25) is 5.02 Å². The Hall–Kier alpha value is -2.21. The summed E-state index contributed by atoms with van der Waals surface area (Å²) in [5.74, 6) is -0.680. The van der Waals surface area contributed by atoms with Crippen molar-refractivity contribution in [1.29, 1.82) is 0 Å². The van der Waals surface area contributed by atoms with Crippen molar-refractivity contribution in [3.63, 3.8) is 0 Å². The average molecular weight is 312 g/mol. The van der Waals surface area contributed by atoms with E-state index in [1.807, 2.05) is 0 Å². The van der Waals surface area contributed by atoms with Crippen molar-refractivity contribution in [1.82, 2.24) is 0 Å². The number of hydrogen-bond donors (Lipinski definition) is 2. The molecule has 112 valence electrons. The first-order chi connectivity index (χ1) is 9.90. The van der Waals surface area contributed by atoms with Crippen LogP contribution in [-0.2, 0) is 9.59 Å². The van der Waals surface area contributed by atoms with Crippen molar-refractivity contribution in [3.8, 4) is 11.5 Å². The van der Waals surface area contributed by atoms with E-state index in [2.05, 4.69) is 5.32 Å². The molecule has 0 aliphatic carbocycles. The van der Waals surface area contributed by atoms with Crippen LogP contribution in [0.1, 0.15) is 13.8 Å². The molecule has 1 heterocycles. The van der Waals surface area contributed by atoms with Crippen molar-refractivity contribution >= 4 is 29.2 Å². The number of amides is 1. The Morgan fingerprint density at radius 1 is 1.14 bits per heavy atom. The Labute approximate surface area is 126 Å². The third-order valence-corrected chi connectivity index (χ3v) is 3.42. The summed E-state index contributed by atoms with van der Waals surface area (Å²) in [6, 6.07) is 3.10. The topological polar surface area (TPSA) is 84.9 Å². The molecule has 21 heavy (non-hydrogen) atoms. The van der Waals surface area contributed by atoms with Crippen molar-refractivity contribution in [2.75, 3.05) is 18.5 Å². The predicted molar refractivity (Wildman–Crippen MR) is 77.1 cm³/mol. The van der Waals surface area contributed by atoms with Gasteiger partial charge in [-0.15, -0.1) is 0 Å². The van der Waals surface area contributed by atoms with Crippen LogP contribution in [0.15, 0.2) is 23.3 Å². The summed E-state index contributed by atoms with van der Waals surface area (Å²) in [4.78, 5) is 22.9. The molecule has 0 atom stereocenters. The highest BCUT2D eigenvalue weighted by Gasteiger charge is 2.18. The van der Waals surface area contributed by atoms with Crippen molar-refractivity contribution < 1.29 is 24.2 Å². The highest BCUT2D eigenvalue weighted by molar-refractivity contribution is 6.34. The van der Waals surface area contributed by atoms with Gasteiger partial charge in [-0.25, -0.2) is 4.79 Å². The van der Waals surface area contributed by atoms with Crippen LogP contribution in [0, 0.1) is 0 Å². The summed E-state index contributed by atoms with van der Waals surface area (Å²) in [5, 5.41) is 11.7. The molecule has 2 rings (SSSR count). The van der Waals surface area contributed by atoms with Gasteiger partial charge in [-0.05, 0) is 13.8 Å². The van der Waals surface area contributed by atoms with Crippen molar-refractivity contribution in [2.24, 2.45) is 0 Å². The van der Waals surface area contributed by atoms with E-state index < -0.39 is 11.9 Å². The van der Waals surface area contributed by atoms with Gasteiger partial charge in [0.15, 0.2) is 11.5 Å². The van der Waals surface area contributed by atoms with Crippen LogP contribution in [0.3, 0.4) is 0 Å². The van der Waals surface area contributed by atoms with E-state index in [0.29, 0.717) is 30.4 Å². The molecule has 2 N–H and O–H groups in total. The van der Waals surface area contributed by atoms with Crippen LogP contribution >= 0.6 is 11.6 Å². The molecule has 0 aromatic heterocycles. The molecule has 0 unspecified atom stereocenters. The molecule has 1 aromatic carbocycles. The Morgan fingerprint density at radius 3 is 2.29 bits per heavy atom. The first kappa shape index (κ1) is 15.2. The minimum atomic E-state index is -1.14. The van der Waals surface area contributed by atoms with Gasteiger partial charge >= 0.3 is 5.97 Å². The number of carboxylic acids is 1. The molecular formula is C14H14ClNO5. The zero-order chi connectivity index (χ0) is 15.6. The zero-order valence-electron chi connectivity index (χ0n) is 11.5. The summed E-state index contributed by atoms with van der Waals surface area (Å²) < 4.78 is 10.8. The highest BCUT2D eigenvalue weighted by atomic mass is 35.5. The summed E-state index contributed by atoms with van der Waals surface area (Å²) in [6.07, 6.45) is 0. The van der Waals surface area contributed by atoms with Crippen LogP contribution in [0.4, 0.5) is 5.69 Å². The standard InChI is InChI=1S/C14H14ClNO5/c1-7(8(2)14(18)19)13(17)16-10-6-12-11(5-9(10)15)20-3-4-21-12/h5-6H,3-4H2,1-2H3,(H,16,17)(H,18,19). The van der Waals surface area contributed by atoms with Crippen molar-refractivity contribution in [3.05, 3.63) is 28.3 Å². The number of carbonyl (C=O) groups is 2. The average Bonchev–Trinajstić information content (AvgIpc) is 2.46. The number of carbonyl (C=O) groups excluding carboxylic acids is 1. The maximum atomic E-state index is 12.0. The third-order valence-electron chi connectivity index (χ3n) is 3.10. The first-order valence-electron chi connectivity index (χ1n) is 6.21. The lowest BCUT2D eigenvalue weighted by atomic mass is 10.1. The molecule has 0 saturated heterocycles. The van der Waals surface area contributed by atoms with Gasteiger partial charge in [-0.2, -0.15) is 0 Å². The van der Waals surface area contributed by atoms with E-state index in [4.69, 9.17) is 26.2 Å². The van der Waals surface area contributed by atoms with Crippen LogP contribution < -0.4 is 14.8 Å². The highest BCUT2D eigenvalue weighted by Crippen LogP contribution is 2.38. The molecule has 0 spiro atoms. The fraction of sp³-hybridized carbons (Fsp3) is 0.286. The lowest BCUT2D eigenvalue weighted by Gasteiger charge is -2.20. The molecule has 1 aliphatic rings. The Balaban J connectivity index is 2.26. The maximum Gasteiger partial charge on any atom is 0.331 e. The van der Waals surface area contributed by atoms with Gasteiger partial charge in [-0.1, -0.05) is 11.6 Å². The second kappa shape index (κ2) is 6.05. The minimum Gasteiger partial charge on any atom is -0.486 e. The number of benzene rings is 1. The van der Waals surface area contributed by atoms with E-state index >= 15 is 0 Å². The quantitative estimate of drug-likeness (QED) is 0.838. The second-order valence-electron chi connectivity index (χ2n) is 4.48. The SMILES string of the molecule is CC(C(=O)O)=C(C)C(=O)Nc1cc2c(cc1Cl)OCCO2. The van der Waals surface area contributed by atoms with E-state index in [-0.39, 0.29) is 16.2 Å². The van der Waals surface area contributed by atoms with Gasteiger partial charge in [0.25, 0.3) is 5.91 Å². The fourth-order valence-corrected chi connectivity index (χ4v) is 1.91. The predicted octanol–water partition coefficient (Wildman–Crippen LogP) is 2.47. The number of anilines is 1. The number of nitrogens with one attached hydrogen (secondary N) is 1. The fourth-order valence-electron chi connectivity index (χ4n) is 1.71. The third kappa shape index (κ3) is 3.28. The number of carboxylic acid groups (broad SMARTS) is 1. The molecule has 1 amide bonds. The van der Waals surface area contributed by atoms with E-state index in [1.54, 1.807) is 12.1 Å². The molecule has 6 nitrogen and oxygen atoms in total. The van der Waals surface area contributed by atoms with Crippen LogP contribution in [-0.4, -0.2) is 30.2 Å². The summed E-state index contributed by atoms with van der Waals surface area (Å²) in [5.41, 5.74) is 0.415. The van der Waals surface area contributed by atoms with E-state index in [9.17, 15) is 9.59 Å². The normalized spacial score (nSPS) is 14.2. The summed E-state index contributed by atoms with van der Waals surface area (Å²) in [6.45, 7) is 3.65. The number of hydrogen-bond acceptors (Lipinski definition) is 4. The summed E-state index contributed by atoms with van der Waals surface area (Å²) >= 11 is 6.07. The zero-order valence-corrected chi connectivity index (χ0v) is 12.3. The van der Waals surface area contributed by atoms with Gasteiger partial charge in [0.2, 0.25) is 0 Å². The Bertz CT molecular complexity index is 638. The Morgan fingerprint density at radius 2 is 1.71 bits per heavy atom. The number of halogens is 1. The number of rotatable bonds is 3. The van der Waals surface area contributed by atoms with Gasteiger partial charge in [0.1, 0.15) is 13.2 Å². The van der Waals surface area contributed by atoms with Gasteiger partial charge in [0.05, 0.1) is 10.7 Å². The number of ether oxygens (including phenoxy) is 2. The van der Waals surface area contributed by atoms with Gasteiger partial charge in [-0.3, -0.25) is 4.79 Å². The van der Waals surface area contributed by atoms with Crippen LogP contribution in [0.5, 0.6) is 11.5 Å². The largest absolute Gasteiger partial charge is 0.486 e. The van der Waals surface area contributed by atoms with Gasteiger partial charge in [0, 0.05) is 23.3 Å². The lowest BCUT2D eigenvalue weighted by Crippen LogP contribution is -2.18. The van der Waals surface area contributed by atoms with Gasteiger partial charge < -0.3 is 19.9 Å². The van der Waals surface area contributed by atoms with Crippen LogP contribution in [0.25, 0.3) is 0 Å². The lowest BCUT2D eigenvalue weighted by molar-refractivity contribution is -0.133. The van der Waals surface area contributed by atoms with Crippen molar-refractivity contribution in [2.45, 2.75) is 13.8 Å². The number of aliphatic carboxylic acids is 1. The van der Waals surface area contributed by atoms with E-state index in [1.165, 1.54) is 13.8 Å². The van der Waals surface area contributed by atoms with E-state index in [0.717, 1.165) is 0 Å². The smallest absolute Gasteiger partial charge is 0.331 e. The minimum absolute atomic E-state index is 0.0267. The second-order valence-corrected chi connectivity index (χ2v) is 4.89. The molecule has 7 heteroatoms. The molecular weight excluding hydrogens is 298 g/mol. The molecule has 0 bridgehead atoms. The number of fused-ring (bicyclic) bond motifs is 1. The molecule has 1 aromatic rings. The first-order valence-corrected chi connectivity index (χ1v) is 6.59. The molecule has 0 radical (unpaired) electrons. The summed E-state index contributed by atoms with van der Waals surface area (Å²) in [7, 11) is 0. The molecule has 0 saturated carbocycles. The molecule has 1 aliphatic heterocycles. The molecule has 0 fully saturated rings. The monoisotopic (exact) mass is 311 g/mol.